The smallest absolute Gasteiger partial charge is 0.134 e. The fourth-order valence-electron chi connectivity index (χ4n) is 2.99. The van der Waals surface area contributed by atoms with Gasteiger partial charge in [0.15, 0.2) is 0 Å². The van der Waals surface area contributed by atoms with Crippen molar-refractivity contribution >= 4 is 17.3 Å². The van der Waals surface area contributed by atoms with Crippen molar-refractivity contribution in [2.75, 3.05) is 41.3 Å². The molecule has 2 heterocycles. The van der Waals surface area contributed by atoms with Crippen molar-refractivity contribution in [2.24, 2.45) is 0 Å². The Balaban J connectivity index is 1.67. The van der Waals surface area contributed by atoms with Gasteiger partial charge in [-0.3, -0.25) is 0 Å². The molecule has 1 unspecified atom stereocenters. The second-order valence-electron chi connectivity index (χ2n) is 6.56. The lowest BCUT2D eigenvalue weighted by atomic mass is 10.2. The number of aryl methyl sites for hydroxylation is 1. The molecule has 1 aromatic carbocycles. The van der Waals surface area contributed by atoms with Crippen molar-refractivity contribution in [2.45, 2.75) is 33.2 Å². The van der Waals surface area contributed by atoms with E-state index in [1.165, 1.54) is 12.1 Å². The van der Waals surface area contributed by atoms with Crippen LogP contribution in [0, 0.1) is 12.7 Å². The van der Waals surface area contributed by atoms with Gasteiger partial charge in [0.25, 0.3) is 0 Å². The number of rotatable bonds is 5. The normalized spacial score (nSPS) is 16.0. The summed E-state index contributed by atoms with van der Waals surface area (Å²) in [5, 5.41) is 3.43. The summed E-state index contributed by atoms with van der Waals surface area (Å²) in [6.07, 6.45) is 1.05. The van der Waals surface area contributed by atoms with Crippen LogP contribution in [0.2, 0.25) is 0 Å². The van der Waals surface area contributed by atoms with Gasteiger partial charge >= 0.3 is 0 Å². The van der Waals surface area contributed by atoms with Crippen LogP contribution < -0.4 is 15.1 Å². The van der Waals surface area contributed by atoms with Gasteiger partial charge in [-0.2, -0.15) is 0 Å². The van der Waals surface area contributed by atoms with E-state index < -0.39 is 0 Å². The van der Waals surface area contributed by atoms with Gasteiger partial charge in [0.05, 0.1) is 0 Å². The van der Waals surface area contributed by atoms with Gasteiger partial charge in [-0.25, -0.2) is 14.4 Å². The molecule has 0 spiro atoms. The Hall–Kier alpha value is -2.37. The number of hydrogen-bond donors (Lipinski definition) is 1. The number of benzene rings is 1. The number of aromatic nitrogens is 2. The molecule has 6 heteroatoms. The first-order valence-corrected chi connectivity index (χ1v) is 8.93. The van der Waals surface area contributed by atoms with E-state index in [2.05, 4.69) is 38.9 Å². The van der Waals surface area contributed by atoms with E-state index in [0.717, 1.165) is 55.7 Å². The zero-order valence-electron chi connectivity index (χ0n) is 15.2. The number of nitrogens with one attached hydrogen (secondary N) is 1. The summed E-state index contributed by atoms with van der Waals surface area (Å²) < 4.78 is 13.1. The minimum atomic E-state index is -0.194. The molecular weight excluding hydrogens is 317 g/mol. The third-order valence-electron chi connectivity index (χ3n) is 4.63. The molecule has 1 fully saturated rings. The molecule has 0 amide bonds. The average molecular weight is 343 g/mol. The molecule has 0 bridgehead atoms. The number of halogens is 1. The van der Waals surface area contributed by atoms with E-state index in [1.807, 2.05) is 25.1 Å². The van der Waals surface area contributed by atoms with Gasteiger partial charge < -0.3 is 15.1 Å². The Bertz CT molecular complexity index is 695. The second-order valence-corrected chi connectivity index (χ2v) is 6.56. The van der Waals surface area contributed by atoms with Gasteiger partial charge in [0, 0.05) is 44.0 Å². The largest absolute Gasteiger partial charge is 0.368 e. The van der Waals surface area contributed by atoms with Crippen LogP contribution in [0.1, 0.15) is 26.1 Å². The van der Waals surface area contributed by atoms with Gasteiger partial charge in [-0.15, -0.1) is 0 Å². The second kappa shape index (κ2) is 7.68. The lowest BCUT2D eigenvalue weighted by molar-refractivity contribution is 0.624. The third kappa shape index (κ3) is 4.38. The molecule has 0 saturated carbocycles. The number of anilines is 3. The molecule has 1 aliphatic rings. The first-order valence-electron chi connectivity index (χ1n) is 8.93. The Kier molecular flexibility index (Phi) is 5.36. The SMILES string of the molecule is CCC(C)Nc1cc(N2CCN(c3ccc(F)cc3)CC2)nc(C)n1. The fraction of sp³-hybridized carbons (Fsp3) is 0.474. The van der Waals surface area contributed by atoms with E-state index in [4.69, 9.17) is 0 Å². The molecule has 3 rings (SSSR count). The molecule has 0 aliphatic carbocycles. The van der Waals surface area contributed by atoms with Gasteiger partial charge in [0.1, 0.15) is 23.3 Å². The van der Waals surface area contributed by atoms with E-state index in [1.54, 1.807) is 0 Å². The maximum absolute atomic E-state index is 13.1. The summed E-state index contributed by atoms with van der Waals surface area (Å²) >= 11 is 0. The molecule has 1 atom stereocenters. The van der Waals surface area contributed by atoms with E-state index in [0.29, 0.717) is 6.04 Å². The van der Waals surface area contributed by atoms with Crippen LogP contribution in [0.5, 0.6) is 0 Å². The Labute approximate surface area is 148 Å². The molecule has 2 aromatic rings. The minimum Gasteiger partial charge on any atom is -0.368 e. The Morgan fingerprint density at radius 2 is 1.72 bits per heavy atom. The van der Waals surface area contributed by atoms with Crippen LogP contribution in [0.25, 0.3) is 0 Å². The maximum atomic E-state index is 13.1. The van der Waals surface area contributed by atoms with E-state index >= 15 is 0 Å². The van der Waals surface area contributed by atoms with Crippen molar-refractivity contribution in [1.29, 1.82) is 0 Å². The van der Waals surface area contributed by atoms with Gasteiger partial charge in [0.2, 0.25) is 0 Å². The van der Waals surface area contributed by atoms with E-state index in [9.17, 15) is 4.39 Å². The zero-order chi connectivity index (χ0) is 17.8. The standard InChI is InChI=1S/C19H26FN5/c1-4-14(2)21-18-13-19(23-15(3)22-18)25-11-9-24(10-12-25)17-7-5-16(20)6-8-17/h5-8,13-14H,4,9-12H2,1-3H3,(H,21,22,23). The van der Waals surface area contributed by atoms with Crippen molar-refractivity contribution in [3.8, 4) is 0 Å². The first kappa shape index (κ1) is 17.5. The predicted octanol–water partition coefficient (Wildman–Crippen LogP) is 3.46. The third-order valence-corrected chi connectivity index (χ3v) is 4.63. The highest BCUT2D eigenvalue weighted by atomic mass is 19.1. The molecule has 1 aliphatic heterocycles. The molecular formula is C19H26FN5. The van der Waals surface area contributed by atoms with Crippen LogP contribution in [0.15, 0.2) is 30.3 Å². The Morgan fingerprint density at radius 1 is 1.08 bits per heavy atom. The molecule has 1 N–H and O–H groups in total. The van der Waals surface area contributed by atoms with Gasteiger partial charge in [-0.1, -0.05) is 6.92 Å². The summed E-state index contributed by atoms with van der Waals surface area (Å²) in [4.78, 5) is 13.7. The molecule has 134 valence electrons. The summed E-state index contributed by atoms with van der Waals surface area (Å²) in [5.41, 5.74) is 1.07. The highest BCUT2D eigenvalue weighted by molar-refractivity contribution is 5.53. The van der Waals surface area contributed by atoms with Crippen LogP contribution in [-0.4, -0.2) is 42.2 Å². The van der Waals surface area contributed by atoms with Crippen molar-refractivity contribution < 1.29 is 4.39 Å². The molecule has 5 nitrogen and oxygen atoms in total. The fourth-order valence-corrected chi connectivity index (χ4v) is 2.99. The maximum Gasteiger partial charge on any atom is 0.134 e. The Morgan fingerprint density at radius 3 is 2.36 bits per heavy atom. The number of piperazine rings is 1. The van der Waals surface area contributed by atoms with Crippen LogP contribution >= 0.6 is 0 Å². The van der Waals surface area contributed by atoms with Crippen LogP contribution in [-0.2, 0) is 0 Å². The summed E-state index contributed by atoms with van der Waals surface area (Å²) in [6, 6.07) is 9.14. The topological polar surface area (TPSA) is 44.3 Å². The molecule has 1 aromatic heterocycles. The predicted molar refractivity (Wildman–Crippen MR) is 101 cm³/mol. The van der Waals surface area contributed by atoms with E-state index in [-0.39, 0.29) is 5.82 Å². The zero-order valence-corrected chi connectivity index (χ0v) is 15.2. The van der Waals surface area contributed by atoms with Gasteiger partial charge in [-0.05, 0) is 44.5 Å². The monoisotopic (exact) mass is 343 g/mol. The van der Waals surface area contributed by atoms with Crippen molar-refractivity contribution in [3.63, 3.8) is 0 Å². The first-order chi connectivity index (χ1) is 12.0. The summed E-state index contributed by atoms with van der Waals surface area (Å²) in [7, 11) is 0. The highest BCUT2D eigenvalue weighted by Gasteiger charge is 2.19. The summed E-state index contributed by atoms with van der Waals surface area (Å²) in [5.74, 6) is 2.44. The number of hydrogen-bond acceptors (Lipinski definition) is 5. The van der Waals surface area contributed by atoms with Crippen molar-refractivity contribution in [3.05, 3.63) is 42.0 Å². The van der Waals surface area contributed by atoms with Crippen LogP contribution in [0.4, 0.5) is 21.7 Å². The molecule has 0 radical (unpaired) electrons. The van der Waals surface area contributed by atoms with Crippen LogP contribution in [0.3, 0.4) is 0 Å². The number of nitrogens with zero attached hydrogens (tertiary/aromatic N) is 4. The van der Waals surface area contributed by atoms with Crippen molar-refractivity contribution in [1.82, 2.24) is 9.97 Å². The molecule has 25 heavy (non-hydrogen) atoms. The average Bonchev–Trinajstić information content (AvgIpc) is 2.62. The lowest BCUT2D eigenvalue weighted by Crippen LogP contribution is -2.47. The summed E-state index contributed by atoms with van der Waals surface area (Å²) in [6.45, 7) is 9.79. The quantitative estimate of drug-likeness (QED) is 0.901. The molecule has 1 saturated heterocycles. The lowest BCUT2D eigenvalue weighted by Gasteiger charge is -2.37. The highest BCUT2D eigenvalue weighted by Crippen LogP contribution is 2.21. The minimum absolute atomic E-state index is 0.194.